The second-order valence-corrected chi connectivity index (χ2v) is 7.27. The van der Waals surface area contributed by atoms with Crippen LogP contribution in [-0.4, -0.2) is 36.2 Å². The first-order valence-electron chi connectivity index (χ1n) is 9.72. The van der Waals surface area contributed by atoms with Crippen molar-refractivity contribution in [1.82, 2.24) is 10.6 Å². The zero-order valence-electron chi connectivity index (χ0n) is 15.9. The molecule has 3 aromatic rings. The standard InChI is InChI=1S/C24H23FN2O2/c25-20-9-5-4-8-19(20)24(29)26-14-21-23(22(15-28)27-21)18-12-10-17(11-13-18)16-6-2-1-3-7-16/h1-13,21-23,27-28H,14-15H2,(H,26,29)/t21-,22+,23+/m1/s1. The lowest BCUT2D eigenvalue weighted by Gasteiger charge is -2.46. The summed E-state index contributed by atoms with van der Waals surface area (Å²) in [6.07, 6.45) is 0. The number of amides is 1. The van der Waals surface area contributed by atoms with Gasteiger partial charge in [0.05, 0.1) is 12.2 Å². The molecule has 3 aromatic carbocycles. The van der Waals surface area contributed by atoms with Crippen molar-refractivity contribution in [2.45, 2.75) is 18.0 Å². The first-order chi connectivity index (χ1) is 14.2. The minimum atomic E-state index is -0.534. The highest BCUT2D eigenvalue weighted by Crippen LogP contribution is 2.33. The predicted molar refractivity (Wildman–Crippen MR) is 111 cm³/mol. The number of carbonyl (C=O) groups excluding carboxylic acids is 1. The van der Waals surface area contributed by atoms with Crippen LogP contribution >= 0.6 is 0 Å². The highest BCUT2D eigenvalue weighted by Gasteiger charge is 2.40. The Morgan fingerprint density at radius 2 is 1.55 bits per heavy atom. The average Bonchev–Trinajstić information content (AvgIpc) is 2.74. The Hall–Kier alpha value is -3.02. The van der Waals surface area contributed by atoms with Crippen molar-refractivity contribution in [3.8, 4) is 11.1 Å². The van der Waals surface area contributed by atoms with E-state index >= 15 is 0 Å². The number of nitrogens with one attached hydrogen (secondary N) is 2. The van der Waals surface area contributed by atoms with E-state index in [1.807, 2.05) is 18.2 Å². The summed E-state index contributed by atoms with van der Waals surface area (Å²) < 4.78 is 13.8. The van der Waals surface area contributed by atoms with E-state index in [0.717, 1.165) is 16.7 Å². The van der Waals surface area contributed by atoms with Gasteiger partial charge in [-0.15, -0.1) is 0 Å². The van der Waals surface area contributed by atoms with Gasteiger partial charge >= 0.3 is 0 Å². The molecular weight excluding hydrogens is 367 g/mol. The first kappa shape index (κ1) is 19.3. The minimum Gasteiger partial charge on any atom is -0.395 e. The number of hydrogen-bond acceptors (Lipinski definition) is 3. The predicted octanol–water partition coefficient (Wildman–Crippen LogP) is 3.34. The number of benzene rings is 3. The molecule has 1 aliphatic rings. The summed E-state index contributed by atoms with van der Waals surface area (Å²) in [6.45, 7) is 0.373. The highest BCUT2D eigenvalue weighted by molar-refractivity contribution is 5.94. The van der Waals surface area contributed by atoms with Gasteiger partial charge < -0.3 is 15.7 Å². The zero-order valence-corrected chi connectivity index (χ0v) is 15.9. The maximum absolute atomic E-state index is 13.8. The van der Waals surface area contributed by atoms with Crippen molar-refractivity contribution in [1.29, 1.82) is 0 Å². The van der Waals surface area contributed by atoms with Crippen LogP contribution in [0, 0.1) is 5.82 Å². The van der Waals surface area contributed by atoms with Gasteiger partial charge in [-0.1, -0.05) is 66.7 Å². The van der Waals surface area contributed by atoms with Gasteiger partial charge in [0, 0.05) is 24.5 Å². The van der Waals surface area contributed by atoms with Gasteiger partial charge in [-0.3, -0.25) is 4.79 Å². The van der Waals surface area contributed by atoms with Crippen LogP contribution < -0.4 is 10.6 Å². The summed E-state index contributed by atoms with van der Waals surface area (Å²) in [5.74, 6) is -0.894. The second-order valence-electron chi connectivity index (χ2n) is 7.27. The monoisotopic (exact) mass is 390 g/mol. The summed E-state index contributed by atoms with van der Waals surface area (Å²) in [5, 5.41) is 15.7. The summed E-state index contributed by atoms with van der Waals surface area (Å²) in [6, 6.07) is 24.3. The molecule has 4 nitrogen and oxygen atoms in total. The Balaban J connectivity index is 1.44. The molecule has 0 radical (unpaired) electrons. The lowest BCUT2D eigenvalue weighted by atomic mass is 9.77. The van der Waals surface area contributed by atoms with Crippen LogP contribution in [0.4, 0.5) is 4.39 Å². The van der Waals surface area contributed by atoms with Crippen LogP contribution in [0.3, 0.4) is 0 Å². The zero-order chi connectivity index (χ0) is 20.2. The molecule has 3 N–H and O–H groups in total. The third kappa shape index (κ3) is 4.06. The molecule has 1 fully saturated rings. The third-order valence-electron chi connectivity index (χ3n) is 5.50. The van der Waals surface area contributed by atoms with Crippen molar-refractivity contribution in [2.24, 2.45) is 0 Å². The number of carbonyl (C=O) groups is 1. The van der Waals surface area contributed by atoms with Crippen LogP contribution in [0.1, 0.15) is 21.8 Å². The Morgan fingerprint density at radius 1 is 0.897 bits per heavy atom. The van der Waals surface area contributed by atoms with Crippen LogP contribution in [0.15, 0.2) is 78.9 Å². The summed E-state index contributed by atoms with van der Waals surface area (Å²) >= 11 is 0. The second kappa shape index (κ2) is 8.55. The van der Waals surface area contributed by atoms with Gasteiger partial charge in [0.25, 0.3) is 5.91 Å². The minimum absolute atomic E-state index is 0.0167. The maximum atomic E-state index is 13.8. The molecule has 1 heterocycles. The number of hydrogen-bond donors (Lipinski definition) is 3. The van der Waals surface area contributed by atoms with E-state index < -0.39 is 11.7 Å². The molecule has 0 unspecified atom stereocenters. The van der Waals surface area contributed by atoms with Gasteiger partial charge in [0.15, 0.2) is 0 Å². The van der Waals surface area contributed by atoms with Crippen molar-refractivity contribution < 1.29 is 14.3 Å². The molecule has 29 heavy (non-hydrogen) atoms. The van der Waals surface area contributed by atoms with Crippen molar-refractivity contribution in [3.63, 3.8) is 0 Å². The van der Waals surface area contributed by atoms with E-state index in [1.165, 1.54) is 12.1 Å². The molecule has 1 amide bonds. The quantitative estimate of drug-likeness (QED) is 0.605. The topological polar surface area (TPSA) is 61.4 Å². The van der Waals surface area contributed by atoms with E-state index in [1.54, 1.807) is 12.1 Å². The normalized spacial score (nSPS) is 20.7. The van der Waals surface area contributed by atoms with Crippen molar-refractivity contribution in [3.05, 3.63) is 95.8 Å². The molecule has 148 valence electrons. The molecule has 1 saturated heterocycles. The summed E-state index contributed by atoms with van der Waals surface area (Å²) in [5.41, 5.74) is 3.42. The molecule has 0 saturated carbocycles. The molecule has 5 heteroatoms. The van der Waals surface area contributed by atoms with Crippen LogP contribution in [0.2, 0.25) is 0 Å². The van der Waals surface area contributed by atoms with E-state index in [2.05, 4.69) is 47.0 Å². The van der Waals surface area contributed by atoms with Gasteiger partial charge in [0.2, 0.25) is 0 Å². The van der Waals surface area contributed by atoms with Gasteiger partial charge in [0.1, 0.15) is 5.82 Å². The lowest BCUT2D eigenvalue weighted by Crippen LogP contribution is -2.64. The number of rotatable bonds is 6. The van der Waals surface area contributed by atoms with E-state index in [4.69, 9.17) is 0 Å². The fraction of sp³-hybridized carbons (Fsp3) is 0.208. The molecule has 4 rings (SSSR count). The lowest BCUT2D eigenvalue weighted by molar-refractivity contribution is 0.0906. The summed E-state index contributed by atoms with van der Waals surface area (Å²) in [7, 11) is 0. The molecule has 1 aliphatic heterocycles. The Kier molecular flexibility index (Phi) is 5.69. The molecule has 0 spiro atoms. The third-order valence-corrected chi connectivity index (χ3v) is 5.50. The average molecular weight is 390 g/mol. The molecule has 0 bridgehead atoms. The van der Waals surface area contributed by atoms with Crippen molar-refractivity contribution in [2.75, 3.05) is 13.2 Å². The number of aliphatic hydroxyl groups is 1. The Labute approximate surface area is 169 Å². The molecule has 0 aromatic heterocycles. The van der Waals surface area contributed by atoms with Crippen LogP contribution in [0.25, 0.3) is 11.1 Å². The molecular formula is C24H23FN2O2. The van der Waals surface area contributed by atoms with Crippen LogP contribution in [-0.2, 0) is 0 Å². The van der Waals surface area contributed by atoms with Gasteiger partial charge in [-0.05, 0) is 28.8 Å². The van der Waals surface area contributed by atoms with E-state index in [9.17, 15) is 14.3 Å². The Bertz CT molecular complexity index is 976. The Morgan fingerprint density at radius 3 is 2.24 bits per heavy atom. The van der Waals surface area contributed by atoms with Crippen LogP contribution in [0.5, 0.6) is 0 Å². The van der Waals surface area contributed by atoms with Gasteiger partial charge in [-0.25, -0.2) is 4.39 Å². The largest absolute Gasteiger partial charge is 0.395 e. The number of aliphatic hydroxyl groups excluding tert-OH is 1. The number of halogens is 1. The van der Waals surface area contributed by atoms with Gasteiger partial charge in [-0.2, -0.15) is 0 Å². The smallest absolute Gasteiger partial charge is 0.254 e. The first-order valence-corrected chi connectivity index (χ1v) is 9.72. The van der Waals surface area contributed by atoms with Crippen molar-refractivity contribution >= 4 is 5.91 Å². The fourth-order valence-corrected chi connectivity index (χ4v) is 3.93. The SMILES string of the molecule is O=C(NC[C@H]1N[C@@H](CO)[C@H]1c1ccc(-c2ccccc2)cc1)c1ccccc1F. The fourth-order valence-electron chi connectivity index (χ4n) is 3.93. The summed E-state index contributed by atoms with van der Waals surface area (Å²) in [4.78, 5) is 12.3. The van der Waals surface area contributed by atoms with E-state index in [-0.39, 0.29) is 30.2 Å². The maximum Gasteiger partial charge on any atom is 0.254 e. The van der Waals surface area contributed by atoms with E-state index in [0.29, 0.717) is 6.54 Å². The highest BCUT2D eigenvalue weighted by atomic mass is 19.1. The molecule has 3 atom stereocenters. The molecule has 0 aliphatic carbocycles.